The first kappa shape index (κ1) is 27.7. The second-order valence-corrected chi connectivity index (χ2v) is 8.91. The summed E-state index contributed by atoms with van der Waals surface area (Å²) < 4.78 is 0. The van der Waals surface area contributed by atoms with Crippen molar-refractivity contribution < 1.29 is 19.3 Å². The third-order valence-corrected chi connectivity index (χ3v) is 5.90. The number of nitrogens with zero attached hydrogens (tertiary/aromatic N) is 1. The number of rotatable bonds is 9. The minimum absolute atomic E-state index is 0.0105. The predicted molar refractivity (Wildman–Crippen MR) is 155 cm³/mol. The van der Waals surface area contributed by atoms with Crippen LogP contribution in [0.2, 0.25) is 5.02 Å². The molecule has 0 aliphatic carbocycles. The van der Waals surface area contributed by atoms with E-state index in [0.29, 0.717) is 33.0 Å². The maximum absolute atomic E-state index is 13.2. The third-order valence-electron chi connectivity index (χ3n) is 5.66. The van der Waals surface area contributed by atoms with Crippen molar-refractivity contribution in [2.45, 2.75) is 0 Å². The number of hydrogen-bond donors (Lipinski definition) is 2. The van der Waals surface area contributed by atoms with E-state index in [4.69, 9.17) is 11.6 Å². The fourth-order valence-electron chi connectivity index (χ4n) is 3.68. The molecule has 0 saturated carbocycles. The molecule has 0 aliphatic heterocycles. The summed E-state index contributed by atoms with van der Waals surface area (Å²) in [4.78, 5) is 49.2. The SMILES string of the molecule is O=C(Nc1ccc(C(=O)/C=C/c2ccccc2[N+](=O)[O-])cc1)/C(=C/c1cccc(Cl)c1)NC(=O)c1ccccc1. The molecule has 2 N–H and O–H groups in total. The number of para-hydroxylation sites is 1. The van der Waals surface area contributed by atoms with Gasteiger partial charge in [-0.05, 0) is 78.4 Å². The zero-order chi connectivity index (χ0) is 28.5. The van der Waals surface area contributed by atoms with Crippen LogP contribution in [0.5, 0.6) is 0 Å². The quantitative estimate of drug-likeness (QED) is 0.106. The predicted octanol–water partition coefficient (Wildman–Crippen LogP) is 6.55. The number of allylic oxidation sites excluding steroid dienone is 1. The molecule has 4 aromatic rings. The van der Waals surface area contributed by atoms with E-state index in [9.17, 15) is 24.5 Å². The second-order valence-electron chi connectivity index (χ2n) is 8.48. The van der Waals surface area contributed by atoms with Gasteiger partial charge in [-0.15, -0.1) is 0 Å². The Labute approximate surface area is 234 Å². The van der Waals surface area contributed by atoms with Crippen molar-refractivity contribution in [1.29, 1.82) is 0 Å². The van der Waals surface area contributed by atoms with Crippen LogP contribution in [0.15, 0.2) is 115 Å². The average molecular weight is 552 g/mol. The smallest absolute Gasteiger partial charge is 0.276 e. The Morgan fingerprint density at radius 2 is 1.50 bits per heavy atom. The van der Waals surface area contributed by atoms with Crippen LogP contribution in [0.1, 0.15) is 31.8 Å². The average Bonchev–Trinajstić information content (AvgIpc) is 2.96. The lowest BCUT2D eigenvalue weighted by molar-refractivity contribution is -0.385. The van der Waals surface area contributed by atoms with Crippen molar-refractivity contribution in [3.63, 3.8) is 0 Å². The first-order chi connectivity index (χ1) is 19.3. The van der Waals surface area contributed by atoms with Gasteiger partial charge in [0.05, 0.1) is 10.5 Å². The highest BCUT2D eigenvalue weighted by atomic mass is 35.5. The molecule has 9 heteroatoms. The van der Waals surface area contributed by atoms with E-state index in [2.05, 4.69) is 10.6 Å². The van der Waals surface area contributed by atoms with Crippen LogP contribution in [-0.2, 0) is 4.79 Å². The molecule has 0 radical (unpaired) electrons. The molecule has 0 spiro atoms. The van der Waals surface area contributed by atoms with Crippen LogP contribution in [0, 0.1) is 10.1 Å². The van der Waals surface area contributed by atoms with Gasteiger partial charge in [0, 0.05) is 27.9 Å². The minimum atomic E-state index is -0.584. The lowest BCUT2D eigenvalue weighted by Gasteiger charge is -2.12. The highest BCUT2D eigenvalue weighted by Crippen LogP contribution is 2.20. The highest BCUT2D eigenvalue weighted by Gasteiger charge is 2.16. The van der Waals surface area contributed by atoms with Crippen molar-refractivity contribution in [3.05, 3.63) is 152 Å². The summed E-state index contributed by atoms with van der Waals surface area (Å²) in [5, 5.41) is 17.0. The Hall–Kier alpha value is -5.34. The summed E-state index contributed by atoms with van der Waals surface area (Å²) in [6.45, 7) is 0. The molecule has 198 valence electrons. The van der Waals surface area contributed by atoms with E-state index in [1.54, 1.807) is 84.9 Å². The maximum Gasteiger partial charge on any atom is 0.276 e. The molecular weight excluding hydrogens is 530 g/mol. The van der Waals surface area contributed by atoms with Crippen LogP contribution >= 0.6 is 11.6 Å². The van der Waals surface area contributed by atoms with E-state index < -0.39 is 16.7 Å². The van der Waals surface area contributed by atoms with Gasteiger partial charge in [-0.3, -0.25) is 24.5 Å². The van der Waals surface area contributed by atoms with Gasteiger partial charge in [-0.2, -0.15) is 0 Å². The monoisotopic (exact) mass is 551 g/mol. The van der Waals surface area contributed by atoms with E-state index in [-0.39, 0.29) is 17.2 Å². The summed E-state index contributed by atoms with van der Waals surface area (Å²) in [7, 11) is 0. The molecule has 0 bridgehead atoms. The molecule has 0 saturated heterocycles. The van der Waals surface area contributed by atoms with Crippen LogP contribution in [0.3, 0.4) is 0 Å². The molecule has 8 nitrogen and oxygen atoms in total. The summed E-state index contributed by atoms with van der Waals surface area (Å²) in [6.07, 6.45) is 4.15. The van der Waals surface area contributed by atoms with Crippen LogP contribution in [0.4, 0.5) is 11.4 Å². The van der Waals surface area contributed by atoms with Gasteiger partial charge in [-0.1, -0.05) is 54.1 Å². The van der Waals surface area contributed by atoms with Gasteiger partial charge in [-0.25, -0.2) is 0 Å². The Morgan fingerprint density at radius 1 is 0.800 bits per heavy atom. The molecule has 0 atom stereocenters. The number of benzene rings is 4. The van der Waals surface area contributed by atoms with E-state index in [1.807, 2.05) is 0 Å². The van der Waals surface area contributed by atoms with E-state index in [0.717, 1.165) is 0 Å². The van der Waals surface area contributed by atoms with Crippen molar-refractivity contribution in [3.8, 4) is 0 Å². The number of hydrogen-bond acceptors (Lipinski definition) is 5. The van der Waals surface area contributed by atoms with Crippen LogP contribution in [-0.4, -0.2) is 22.5 Å². The van der Waals surface area contributed by atoms with Crippen molar-refractivity contribution >= 4 is 52.7 Å². The van der Waals surface area contributed by atoms with Gasteiger partial charge < -0.3 is 10.6 Å². The largest absolute Gasteiger partial charge is 0.321 e. The third kappa shape index (κ3) is 7.37. The topological polar surface area (TPSA) is 118 Å². The van der Waals surface area contributed by atoms with Gasteiger partial charge in [0.1, 0.15) is 5.70 Å². The number of carbonyl (C=O) groups is 3. The zero-order valence-corrected chi connectivity index (χ0v) is 21.7. The lowest BCUT2D eigenvalue weighted by Crippen LogP contribution is -2.30. The molecule has 0 unspecified atom stereocenters. The standard InChI is InChI=1S/C31H22ClN3O5/c32-25-11-6-7-21(19-25)20-27(34-30(37)24-9-2-1-3-10-24)31(38)33-26-16-13-23(14-17-26)29(36)18-15-22-8-4-5-12-28(22)35(39)40/h1-20H,(H,33,38)(H,34,37)/b18-15+,27-20-. The van der Waals surface area contributed by atoms with E-state index in [1.165, 1.54) is 36.4 Å². The van der Waals surface area contributed by atoms with Crippen LogP contribution in [0.25, 0.3) is 12.2 Å². The molecule has 0 aromatic heterocycles. The number of amides is 2. The Kier molecular flexibility index (Phi) is 8.96. The van der Waals surface area contributed by atoms with E-state index >= 15 is 0 Å². The summed E-state index contributed by atoms with van der Waals surface area (Å²) in [5.74, 6) is -1.41. The molecule has 4 rings (SSSR count). The number of halogens is 1. The fraction of sp³-hybridized carbons (Fsp3) is 0. The fourth-order valence-corrected chi connectivity index (χ4v) is 3.88. The summed E-state index contributed by atoms with van der Waals surface area (Å²) in [6, 6.07) is 27.5. The molecule has 2 amide bonds. The minimum Gasteiger partial charge on any atom is -0.321 e. The number of nitro benzene ring substituents is 1. The second kappa shape index (κ2) is 12.9. The zero-order valence-electron chi connectivity index (χ0n) is 20.9. The van der Waals surface area contributed by atoms with Gasteiger partial charge in [0.25, 0.3) is 17.5 Å². The lowest BCUT2D eigenvalue weighted by atomic mass is 10.1. The number of carbonyl (C=O) groups excluding carboxylic acids is 3. The summed E-state index contributed by atoms with van der Waals surface area (Å²) >= 11 is 6.08. The summed E-state index contributed by atoms with van der Waals surface area (Å²) in [5.41, 5.74) is 1.88. The maximum atomic E-state index is 13.2. The molecule has 4 aromatic carbocycles. The molecule has 40 heavy (non-hydrogen) atoms. The van der Waals surface area contributed by atoms with Crippen molar-refractivity contribution in [2.24, 2.45) is 0 Å². The van der Waals surface area contributed by atoms with Crippen LogP contribution < -0.4 is 10.6 Å². The van der Waals surface area contributed by atoms with Gasteiger partial charge >= 0.3 is 0 Å². The van der Waals surface area contributed by atoms with Gasteiger partial charge in [0.15, 0.2) is 5.78 Å². The molecule has 0 aliphatic rings. The number of anilines is 1. The molecular formula is C31H22ClN3O5. The van der Waals surface area contributed by atoms with Crippen molar-refractivity contribution in [2.75, 3.05) is 5.32 Å². The molecule has 0 fully saturated rings. The number of ketones is 1. The van der Waals surface area contributed by atoms with Crippen molar-refractivity contribution in [1.82, 2.24) is 5.32 Å². The normalized spacial score (nSPS) is 11.2. The Bertz CT molecular complexity index is 1630. The Morgan fingerprint density at radius 3 is 2.20 bits per heavy atom. The highest BCUT2D eigenvalue weighted by molar-refractivity contribution is 6.30. The first-order valence-electron chi connectivity index (χ1n) is 12.0. The molecule has 0 heterocycles. The first-order valence-corrected chi connectivity index (χ1v) is 12.4. The van der Waals surface area contributed by atoms with Gasteiger partial charge in [0.2, 0.25) is 0 Å². The number of nitrogens with one attached hydrogen (secondary N) is 2. The number of nitro groups is 1. The Balaban J connectivity index is 1.50.